The lowest BCUT2D eigenvalue weighted by Gasteiger charge is -2.24. The topological polar surface area (TPSA) is 48.0 Å². The van der Waals surface area contributed by atoms with Crippen LogP contribution in [0.2, 0.25) is 0 Å². The first-order valence-corrected chi connectivity index (χ1v) is 10.5. The van der Waals surface area contributed by atoms with Crippen molar-refractivity contribution in [3.8, 4) is 0 Å². The van der Waals surface area contributed by atoms with Crippen molar-refractivity contribution in [3.05, 3.63) is 35.6 Å². The zero-order valence-corrected chi connectivity index (χ0v) is 19.0. The summed E-state index contributed by atoms with van der Waals surface area (Å²) in [5.74, 6) is -0.317. The van der Waals surface area contributed by atoms with E-state index in [4.69, 9.17) is 25.8 Å². The minimum atomic E-state index is -0.169. The molecule has 0 aromatic rings. The summed E-state index contributed by atoms with van der Waals surface area (Å²) in [6, 6.07) is 0. The molecule has 0 spiro atoms. The fourth-order valence-electron chi connectivity index (χ4n) is 2.68. The van der Waals surface area contributed by atoms with Gasteiger partial charge in [-0.3, -0.25) is 9.69 Å². The van der Waals surface area contributed by atoms with E-state index >= 15 is 0 Å². The Morgan fingerprint density at radius 1 is 1.25 bits per heavy atom. The third-order valence-electron chi connectivity index (χ3n) is 4.49. The van der Waals surface area contributed by atoms with Crippen molar-refractivity contribution in [3.63, 3.8) is 0 Å². The Bertz CT molecular complexity index is 505. The fourth-order valence-corrected chi connectivity index (χ4v) is 2.92. The first kappa shape index (κ1) is 26.7. The predicted molar refractivity (Wildman–Crippen MR) is 116 cm³/mol. The molecule has 0 heterocycles. The minimum Gasteiger partial charge on any atom is -0.503 e. The monoisotopic (exact) mass is 415 g/mol. The Morgan fingerprint density at radius 3 is 2.50 bits per heavy atom. The molecule has 162 valence electrons. The van der Waals surface area contributed by atoms with Crippen LogP contribution in [-0.2, 0) is 19.0 Å². The van der Waals surface area contributed by atoms with Crippen molar-refractivity contribution < 1.29 is 19.0 Å². The quantitative estimate of drug-likeness (QED) is 0.155. The van der Waals surface area contributed by atoms with Crippen molar-refractivity contribution >= 4 is 17.6 Å². The average Bonchev–Trinajstić information content (AvgIpc) is 2.68. The van der Waals surface area contributed by atoms with E-state index in [9.17, 15) is 4.79 Å². The van der Waals surface area contributed by atoms with Gasteiger partial charge in [0.15, 0.2) is 0 Å². The summed E-state index contributed by atoms with van der Waals surface area (Å²) in [4.78, 5) is 14.6. The van der Waals surface area contributed by atoms with Gasteiger partial charge in [0, 0.05) is 13.2 Å². The third kappa shape index (κ3) is 12.2. The third-order valence-corrected chi connectivity index (χ3v) is 4.69. The van der Waals surface area contributed by atoms with E-state index in [-0.39, 0.29) is 18.0 Å². The summed E-state index contributed by atoms with van der Waals surface area (Å²) in [7, 11) is 1.58. The van der Waals surface area contributed by atoms with E-state index < -0.39 is 0 Å². The van der Waals surface area contributed by atoms with E-state index in [1.165, 1.54) is 11.8 Å². The Kier molecular flexibility index (Phi) is 15.9. The summed E-state index contributed by atoms with van der Waals surface area (Å²) >= 11 is 6.14. The minimum absolute atomic E-state index is 0.0165. The fraction of sp³-hybridized carbons (Fsp3) is 0.682. The van der Waals surface area contributed by atoms with Gasteiger partial charge >= 0.3 is 5.97 Å². The lowest BCUT2D eigenvalue weighted by atomic mass is 10.0. The molecule has 0 aliphatic carbocycles. The molecule has 0 aromatic heterocycles. The molecule has 0 rings (SSSR count). The highest BCUT2D eigenvalue weighted by Crippen LogP contribution is 2.16. The maximum Gasteiger partial charge on any atom is 0.309 e. The molecule has 6 heteroatoms. The average molecular weight is 416 g/mol. The van der Waals surface area contributed by atoms with E-state index in [2.05, 4.69) is 25.3 Å². The summed E-state index contributed by atoms with van der Waals surface area (Å²) in [6.45, 7) is 15.1. The highest BCUT2D eigenvalue weighted by molar-refractivity contribution is 6.31. The molecular formula is C22H38ClNO4. The SMILES string of the molecule is C=CC(C)OCCC(CCN(CC)C/C(=C/C(Cl)=C/OC)CC)C(=O)OCC. The maximum absolute atomic E-state index is 12.3. The van der Waals surface area contributed by atoms with Crippen LogP contribution < -0.4 is 0 Å². The Labute approximate surface area is 176 Å². The van der Waals surface area contributed by atoms with Crippen molar-refractivity contribution in [2.24, 2.45) is 5.92 Å². The van der Waals surface area contributed by atoms with Crippen molar-refractivity contribution in [2.45, 2.75) is 53.1 Å². The molecule has 28 heavy (non-hydrogen) atoms. The summed E-state index contributed by atoms with van der Waals surface area (Å²) in [6.07, 6.45) is 7.48. The zero-order valence-electron chi connectivity index (χ0n) is 18.2. The molecule has 0 aliphatic rings. The second-order valence-electron chi connectivity index (χ2n) is 6.60. The predicted octanol–water partition coefficient (Wildman–Crippen LogP) is 4.92. The molecule has 0 aliphatic heterocycles. The normalized spacial score (nSPS) is 14.7. The molecule has 5 nitrogen and oxygen atoms in total. The number of nitrogens with zero attached hydrogens (tertiary/aromatic N) is 1. The van der Waals surface area contributed by atoms with Gasteiger partial charge in [0.2, 0.25) is 0 Å². The van der Waals surface area contributed by atoms with Crippen LogP contribution >= 0.6 is 11.6 Å². The highest BCUT2D eigenvalue weighted by Gasteiger charge is 2.21. The number of rotatable bonds is 16. The van der Waals surface area contributed by atoms with Gasteiger partial charge in [-0.1, -0.05) is 37.1 Å². The zero-order chi connectivity index (χ0) is 21.4. The van der Waals surface area contributed by atoms with Crippen LogP contribution in [0.5, 0.6) is 0 Å². The first-order valence-electron chi connectivity index (χ1n) is 10.1. The first-order chi connectivity index (χ1) is 13.4. The van der Waals surface area contributed by atoms with Crippen LogP contribution in [-0.4, -0.2) is 56.9 Å². The van der Waals surface area contributed by atoms with Gasteiger partial charge in [-0.15, -0.1) is 6.58 Å². The lowest BCUT2D eigenvalue weighted by Crippen LogP contribution is -2.31. The van der Waals surface area contributed by atoms with Crippen LogP contribution in [0.15, 0.2) is 35.6 Å². The molecule has 0 radical (unpaired) electrons. The Balaban J connectivity index is 4.84. The number of methoxy groups -OCH3 is 1. The molecule has 0 saturated heterocycles. The number of carbonyl (C=O) groups excluding carboxylic acids is 1. The van der Waals surface area contributed by atoms with Crippen LogP contribution in [0.1, 0.15) is 47.0 Å². The van der Waals surface area contributed by atoms with E-state index in [0.717, 1.165) is 32.5 Å². The van der Waals surface area contributed by atoms with E-state index in [1.807, 2.05) is 19.9 Å². The summed E-state index contributed by atoms with van der Waals surface area (Å²) < 4.78 is 15.9. The maximum atomic E-state index is 12.3. The van der Waals surface area contributed by atoms with Crippen LogP contribution in [0.4, 0.5) is 0 Å². The summed E-state index contributed by atoms with van der Waals surface area (Å²) in [5, 5.41) is 0.577. The molecule has 0 saturated carbocycles. The standard InChI is InChI=1S/C22H38ClNO4/c1-7-18(5)28-14-12-20(22(25)27-10-4)11-13-24(9-3)16-19(8-2)15-21(23)17-26-6/h7,15,17-18,20H,1,8-14,16H2,2-6H3/b19-15+,21-17-. The smallest absolute Gasteiger partial charge is 0.309 e. The number of hydrogen-bond donors (Lipinski definition) is 0. The number of ether oxygens (including phenoxy) is 3. The number of allylic oxidation sites excluding steroid dienone is 2. The Morgan fingerprint density at radius 2 is 1.96 bits per heavy atom. The second-order valence-corrected chi connectivity index (χ2v) is 7.04. The van der Waals surface area contributed by atoms with Gasteiger partial charge in [0.05, 0.1) is 30.8 Å². The summed E-state index contributed by atoms with van der Waals surface area (Å²) in [5.41, 5.74) is 1.22. The second kappa shape index (κ2) is 16.6. The number of halogens is 1. The van der Waals surface area contributed by atoms with Crippen molar-refractivity contribution in [1.82, 2.24) is 4.90 Å². The van der Waals surface area contributed by atoms with Gasteiger partial charge in [-0.25, -0.2) is 0 Å². The van der Waals surface area contributed by atoms with Crippen molar-refractivity contribution in [1.29, 1.82) is 0 Å². The highest BCUT2D eigenvalue weighted by atomic mass is 35.5. The molecule has 2 unspecified atom stereocenters. The number of likely N-dealkylation sites (N-methyl/N-ethyl adjacent to an activating group) is 1. The van der Waals surface area contributed by atoms with Gasteiger partial charge in [0.25, 0.3) is 0 Å². The molecule has 0 fully saturated rings. The van der Waals surface area contributed by atoms with Crippen LogP contribution in [0.3, 0.4) is 0 Å². The van der Waals surface area contributed by atoms with Gasteiger partial charge in [-0.2, -0.15) is 0 Å². The molecule has 0 bridgehead atoms. The van der Waals surface area contributed by atoms with E-state index in [0.29, 0.717) is 24.7 Å². The molecule has 0 aromatic carbocycles. The number of carbonyl (C=O) groups is 1. The van der Waals surface area contributed by atoms with E-state index in [1.54, 1.807) is 13.2 Å². The molecule has 0 N–H and O–H groups in total. The Hall–Kier alpha value is -1.30. The molecular weight excluding hydrogens is 378 g/mol. The van der Waals surface area contributed by atoms with Crippen LogP contribution in [0, 0.1) is 5.92 Å². The number of esters is 1. The molecule has 2 atom stereocenters. The number of hydrogen-bond acceptors (Lipinski definition) is 5. The lowest BCUT2D eigenvalue weighted by molar-refractivity contribution is -0.149. The van der Waals surface area contributed by atoms with Crippen molar-refractivity contribution in [2.75, 3.05) is 40.0 Å². The van der Waals surface area contributed by atoms with Gasteiger partial charge < -0.3 is 14.2 Å². The van der Waals surface area contributed by atoms with Gasteiger partial charge in [0.1, 0.15) is 6.26 Å². The van der Waals surface area contributed by atoms with Gasteiger partial charge in [-0.05, 0) is 52.3 Å². The molecule has 0 amide bonds. The van der Waals surface area contributed by atoms with Crippen LogP contribution in [0.25, 0.3) is 0 Å². The largest absolute Gasteiger partial charge is 0.503 e.